The summed E-state index contributed by atoms with van der Waals surface area (Å²) >= 11 is 0. The molecule has 0 aromatic rings. The highest BCUT2D eigenvalue weighted by atomic mass is 16.4. The van der Waals surface area contributed by atoms with Crippen LogP contribution in [0.15, 0.2) is 0 Å². The van der Waals surface area contributed by atoms with Crippen LogP contribution in [0.1, 0.15) is 136 Å². The second-order valence-electron chi connectivity index (χ2n) is 8.13. The minimum absolute atomic E-state index is 0.345. The van der Waals surface area contributed by atoms with Crippen LogP contribution in [0.2, 0.25) is 0 Å². The number of carbonyl (C=O) groups is 1. The van der Waals surface area contributed by atoms with Gasteiger partial charge in [-0.05, 0) is 12.3 Å². The Kier molecular flexibility index (Phi) is 19.4. The first-order valence-electron chi connectivity index (χ1n) is 11.4. The third-order valence-electron chi connectivity index (χ3n) is 5.37. The summed E-state index contributed by atoms with van der Waals surface area (Å²) in [4.78, 5) is 10.4. The van der Waals surface area contributed by atoms with Gasteiger partial charge in [0.1, 0.15) is 0 Å². The van der Waals surface area contributed by atoms with Gasteiger partial charge in [-0.15, -0.1) is 0 Å². The van der Waals surface area contributed by atoms with E-state index in [1.165, 1.54) is 103 Å². The highest BCUT2D eigenvalue weighted by molar-refractivity contribution is 5.66. The van der Waals surface area contributed by atoms with Gasteiger partial charge in [0.25, 0.3) is 0 Å². The van der Waals surface area contributed by atoms with Crippen molar-refractivity contribution in [1.82, 2.24) is 0 Å². The van der Waals surface area contributed by atoms with Gasteiger partial charge in [-0.1, -0.05) is 123 Å². The monoisotopic (exact) mass is 354 g/mol. The molecule has 0 radical (unpaired) electrons. The van der Waals surface area contributed by atoms with Gasteiger partial charge in [-0.3, -0.25) is 4.79 Å². The fourth-order valence-electron chi connectivity index (χ4n) is 3.70. The lowest BCUT2D eigenvalue weighted by Gasteiger charge is -2.09. The van der Waals surface area contributed by atoms with Crippen LogP contribution in [-0.2, 0) is 4.79 Å². The summed E-state index contributed by atoms with van der Waals surface area (Å²) in [5.74, 6) is 0.288. The topological polar surface area (TPSA) is 37.3 Å². The second kappa shape index (κ2) is 19.8. The zero-order valence-electron chi connectivity index (χ0n) is 17.4. The van der Waals surface area contributed by atoms with Gasteiger partial charge in [0.2, 0.25) is 0 Å². The molecule has 1 unspecified atom stereocenters. The molecule has 0 aliphatic heterocycles. The molecule has 0 aromatic heterocycles. The lowest BCUT2D eigenvalue weighted by molar-refractivity contribution is -0.137. The van der Waals surface area contributed by atoms with Gasteiger partial charge in [0, 0.05) is 6.42 Å². The number of aliphatic carboxylic acids is 1. The van der Waals surface area contributed by atoms with E-state index in [9.17, 15) is 4.79 Å². The van der Waals surface area contributed by atoms with Crippen molar-refractivity contribution in [3.63, 3.8) is 0 Å². The van der Waals surface area contributed by atoms with E-state index < -0.39 is 5.97 Å². The SMILES string of the molecule is CCCC(C)CCCCCCCCCCCCCCCCCC(=O)O. The normalized spacial score (nSPS) is 12.4. The minimum Gasteiger partial charge on any atom is -0.481 e. The fraction of sp³-hybridized carbons (Fsp3) is 0.957. The lowest BCUT2D eigenvalue weighted by Crippen LogP contribution is -1.93. The average Bonchev–Trinajstić information content (AvgIpc) is 2.57. The molecule has 0 saturated carbocycles. The van der Waals surface area contributed by atoms with E-state index in [1.807, 2.05) is 0 Å². The van der Waals surface area contributed by atoms with Gasteiger partial charge in [0.05, 0.1) is 0 Å². The molecule has 0 aliphatic carbocycles. The van der Waals surface area contributed by atoms with Crippen LogP contribution in [0.25, 0.3) is 0 Å². The molecule has 0 heterocycles. The number of rotatable bonds is 20. The van der Waals surface area contributed by atoms with E-state index in [0.717, 1.165) is 18.8 Å². The first kappa shape index (κ1) is 24.5. The summed E-state index contributed by atoms with van der Waals surface area (Å²) < 4.78 is 0. The van der Waals surface area contributed by atoms with Crippen molar-refractivity contribution in [3.8, 4) is 0 Å². The Bertz CT molecular complexity index is 275. The lowest BCUT2D eigenvalue weighted by atomic mass is 9.98. The zero-order valence-corrected chi connectivity index (χ0v) is 17.4. The quantitative estimate of drug-likeness (QED) is 0.224. The maximum Gasteiger partial charge on any atom is 0.303 e. The number of hydrogen-bond donors (Lipinski definition) is 1. The van der Waals surface area contributed by atoms with Crippen molar-refractivity contribution in [2.45, 2.75) is 136 Å². The summed E-state index contributed by atoms with van der Waals surface area (Å²) in [6, 6.07) is 0. The molecule has 25 heavy (non-hydrogen) atoms. The van der Waals surface area contributed by atoms with Crippen molar-refractivity contribution in [1.29, 1.82) is 0 Å². The molecule has 0 aromatic carbocycles. The van der Waals surface area contributed by atoms with Crippen LogP contribution >= 0.6 is 0 Å². The van der Waals surface area contributed by atoms with Crippen LogP contribution in [0.3, 0.4) is 0 Å². The standard InChI is InChI=1S/C23H46O2/c1-3-19-22(2)20-17-15-13-11-9-7-5-4-6-8-10-12-14-16-18-21-23(24)25/h22H,3-21H2,1-2H3,(H,24,25). The first-order chi connectivity index (χ1) is 12.2. The van der Waals surface area contributed by atoms with Crippen molar-refractivity contribution in [2.75, 3.05) is 0 Å². The molecule has 0 amide bonds. The summed E-state index contributed by atoms with van der Waals surface area (Å²) in [5.41, 5.74) is 0. The van der Waals surface area contributed by atoms with Gasteiger partial charge in [0.15, 0.2) is 0 Å². The van der Waals surface area contributed by atoms with Gasteiger partial charge in [-0.25, -0.2) is 0 Å². The number of hydrogen-bond acceptors (Lipinski definition) is 1. The Morgan fingerprint density at radius 2 is 1.00 bits per heavy atom. The van der Waals surface area contributed by atoms with Crippen LogP contribution in [0.5, 0.6) is 0 Å². The molecule has 0 aliphatic rings. The molecule has 2 nitrogen and oxygen atoms in total. The summed E-state index contributed by atoms with van der Waals surface area (Å²) in [7, 11) is 0. The fourth-order valence-corrected chi connectivity index (χ4v) is 3.70. The van der Waals surface area contributed by atoms with Crippen LogP contribution in [-0.4, -0.2) is 11.1 Å². The Hall–Kier alpha value is -0.530. The summed E-state index contributed by atoms with van der Waals surface area (Å²) in [6.45, 7) is 4.70. The van der Waals surface area contributed by atoms with Crippen LogP contribution < -0.4 is 0 Å². The molecular formula is C23H46O2. The molecular weight excluding hydrogens is 308 g/mol. The van der Waals surface area contributed by atoms with Crippen LogP contribution in [0, 0.1) is 5.92 Å². The van der Waals surface area contributed by atoms with E-state index in [-0.39, 0.29) is 0 Å². The molecule has 0 rings (SSSR count). The van der Waals surface area contributed by atoms with E-state index in [4.69, 9.17) is 5.11 Å². The molecule has 0 fully saturated rings. The Labute approximate surface area is 158 Å². The van der Waals surface area contributed by atoms with Crippen molar-refractivity contribution in [2.24, 2.45) is 5.92 Å². The van der Waals surface area contributed by atoms with Gasteiger partial charge in [-0.2, -0.15) is 0 Å². The molecule has 150 valence electrons. The molecule has 1 atom stereocenters. The highest BCUT2D eigenvalue weighted by Gasteiger charge is 2.00. The maximum atomic E-state index is 10.4. The average molecular weight is 355 g/mol. The minimum atomic E-state index is -0.651. The molecule has 0 spiro atoms. The Balaban J connectivity index is 3.04. The smallest absolute Gasteiger partial charge is 0.303 e. The number of unbranched alkanes of at least 4 members (excludes halogenated alkanes) is 14. The number of carboxylic acid groups (broad SMARTS) is 1. The third kappa shape index (κ3) is 21.4. The van der Waals surface area contributed by atoms with Crippen LogP contribution in [0.4, 0.5) is 0 Å². The van der Waals surface area contributed by atoms with E-state index >= 15 is 0 Å². The number of carboxylic acids is 1. The predicted molar refractivity (Wildman–Crippen MR) is 110 cm³/mol. The van der Waals surface area contributed by atoms with Gasteiger partial charge < -0.3 is 5.11 Å². The second-order valence-corrected chi connectivity index (χ2v) is 8.13. The maximum absolute atomic E-state index is 10.4. The largest absolute Gasteiger partial charge is 0.481 e. The molecule has 0 bridgehead atoms. The molecule has 1 N–H and O–H groups in total. The molecule has 0 saturated heterocycles. The third-order valence-corrected chi connectivity index (χ3v) is 5.37. The van der Waals surface area contributed by atoms with E-state index in [1.54, 1.807) is 0 Å². The zero-order chi connectivity index (χ0) is 18.6. The summed E-state index contributed by atoms with van der Waals surface area (Å²) in [6.07, 6.45) is 24.6. The highest BCUT2D eigenvalue weighted by Crippen LogP contribution is 2.17. The Morgan fingerprint density at radius 3 is 1.36 bits per heavy atom. The van der Waals surface area contributed by atoms with Crippen molar-refractivity contribution < 1.29 is 9.90 Å². The first-order valence-corrected chi connectivity index (χ1v) is 11.4. The predicted octanol–water partition coefficient (Wildman–Crippen LogP) is 8.14. The Morgan fingerprint density at radius 1 is 0.640 bits per heavy atom. The van der Waals surface area contributed by atoms with E-state index in [2.05, 4.69) is 13.8 Å². The summed E-state index contributed by atoms with van der Waals surface area (Å²) in [5, 5.41) is 8.57. The van der Waals surface area contributed by atoms with Gasteiger partial charge >= 0.3 is 5.97 Å². The molecule has 2 heteroatoms. The van der Waals surface area contributed by atoms with Crippen molar-refractivity contribution >= 4 is 5.97 Å². The van der Waals surface area contributed by atoms with E-state index in [0.29, 0.717) is 6.42 Å². The van der Waals surface area contributed by atoms with Crippen molar-refractivity contribution in [3.05, 3.63) is 0 Å².